The number of nitrogen functional groups attached to an aromatic ring is 1. The molecule has 0 spiro atoms. The number of pyridine rings is 1. The number of fused-ring (bicyclic) bond motifs is 1. The highest BCUT2D eigenvalue weighted by Crippen LogP contribution is 2.41. The SMILES string of the molecule is CO[C@H](c1c(N)cnc2sc(C)nc12)C(F)(F)F. The fourth-order valence-corrected chi connectivity index (χ4v) is 2.48. The van der Waals surface area contributed by atoms with Crippen LogP contribution < -0.4 is 5.73 Å². The number of alkyl halides is 3. The second-order valence-electron chi connectivity index (χ2n) is 3.67. The first-order chi connectivity index (χ1) is 8.34. The van der Waals surface area contributed by atoms with E-state index in [4.69, 9.17) is 5.73 Å². The number of hydrogen-bond donors (Lipinski definition) is 1. The second kappa shape index (κ2) is 4.36. The van der Waals surface area contributed by atoms with Gasteiger partial charge >= 0.3 is 6.18 Å². The maximum Gasteiger partial charge on any atom is 0.419 e. The number of thiazole rings is 1. The fourth-order valence-electron chi connectivity index (χ4n) is 1.70. The third-order valence-corrected chi connectivity index (χ3v) is 3.28. The largest absolute Gasteiger partial charge is 0.419 e. The highest BCUT2D eigenvalue weighted by molar-refractivity contribution is 7.18. The lowest BCUT2D eigenvalue weighted by atomic mass is 10.1. The molecule has 0 aliphatic rings. The molecule has 4 nitrogen and oxygen atoms in total. The van der Waals surface area contributed by atoms with Gasteiger partial charge in [0.2, 0.25) is 0 Å². The first-order valence-electron chi connectivity index (χ1n) is 4.95. The lowest BCUT2D eigenvalue weighted by molar-refractivity contribution is -0.215. The van der Waals surface area contributed by atoms with E-state index in [9.17, 15) is 13.2 Å². The second-order valence-corrected chi connectivity index (χ2v) is 4.85. The molecule has 2 aromatic rings. The number of anilines is 1. The van der Waals surface area contributed by atoms with Crippen molar-refractivity contribution < 1.29 is 17.9 Å². The molecule has 2 rings (SSSR count). The lowest BCUT2D eigenvalue weighted by Gasteiger charge is -2.20. The van der Waals surface area contributed by atoms with Crippen LogP contribution in [0.4, 0.5) is 18.9 Å². The summed E-state index contributed by atoms with van der Waals surface area (Å²) in [6.45, 7) is 1.70. The molecule has 0 fully saturated rings. The van der Waals surface area contributed by atoms with Crippen LogP contribution in [0, 0.1) is 6.92 Å². The van der Waals surface area contributed by atoms with Crippen LogP contribution in [-0.2, 0) is 4.74 Å². The van der Waals surface area contributed by atoms with Crippen LogP contribution in [0.5, 0.6) is 0 Å². The first kappa shape index (κ1) is 13.0. The predicted octanol–water partition coefficient (Wildman–Crippen LogP) is 2.83. The molecule has 0 aromatic carbocycles. The molecule has 2 N–H and O–H groups in total. The Balaban J connectivity index is 2.71. The number of hydrogen-bond acceptors (Lipinski definition) is 5. The van der Waals surface area contributed by atoms with Crippen molar-refractivity contribution in [1.29, 1.82) is 0 Å². The topological polar surface area (TPSA) is 61.0 Å². The molecular formula is C10H10F3N3OS. The minimum atomic E-state index is -4.55. The van der Waals surface area contributed by atoms with Crippen LogP contribution in [0.3, 0.4) is 0 Å². The van der Waals surface area contributed by atoms with Crippen molar-refractivity contribution in [3.05, 3.63) is 16.8 Å². The van der Waals surface area contributed by atoms with E-state index in [-0.39, 0.29) is 16.8 Å². The number of nitrogens with zero attached hydrogens (tertiary/aromatic N) is 2. The summed E-state index contributed by atoms with van der Waals surface area (Å²) in [4.78, 5) is 8.44. The summed E-state index contributed by atoms with van der Waals surface area (Å²) in [7, 11) is 0.989. The standard InChI is InChI=1S/C10H10F3N3OS/c1-4-16-7-6(8(17-2)10(11,12)13)5(14)3-15-9(7)18-4/h3,8H,14H2,1-2H3/t8-/m1/s1. The zero-order valence-electron chi connectivity index (χ0n) is 9.58. The average molecular weight is 277 g/mol. The van der Waals surface area contributed by atoms with Crippen LogP contribution in [0.1, 0.15) is 16.7 Å². The third-order valence-electron chi connectivity index (χ3n) is 2.40. The van der Waals surface area contributed by atoms with Crippen molar-refractivity contribution >= 4 is 27.4 Å². The van der Waals surface area contributed by atoms with Crippen molar-refractivity contribution in [3.63, 3.8) is 0 Å². The van der Waals surface area contributed by atoms with Gasteiger partial charge in [0.1, 0.15) is 10.3 Å². The maximum absolute atomic E-state index is 12.9. The fraction of sp³-hybridized carbons (Fsp3) is 0.400. The Hall–Kier alpha value is -1.41. The molecule has 18 heavy (non-hydrogen) atoms. The van der Waals surface area contributed by atoms with E-state index in [0.29, 0.717) is 9.84 Å². The Morgan fingerprint density at radius 1 is 1.44 bits per heavy atom. The average Bonchev–Trinajstić information content (AvgIpc) is 2.61. The van der Waals surface area contributed by atoms with E-state index in [0.717, 1.165) is 7.11 Å². The molecule has 0 aliphatic heterocycles. The van der Waals surface area contributed by atoms with E-state index in [2.05, 4.69) is 14.7 Å². The number of halogens is 3. The third kappa shape index (κ3) is 2.13. The molecule has 98 valence electrons. The van der Waals surface area contributed by atoms with E-state index < -0.39 is 12.3 Å². The molecule has 0 bridgehead atoms. The first-order valence-corrected chi connectivity index (χ1v) is 5.77. The zero-order valence-corrected chi connectivity index (χ0v) is 10.4. The maximum atomic E-state index is 12.9. The van der Waals surface area contributed by atoms with Gasteiger partial charge in [-0.3, -0.25) is 0 Å². The molecule has 2 aromatic heterocycles. The van der Waals surface area contributed by atoms with Gasteiger partial charge in [-0.15, -0.1) is 0 Å². The highest BCUT2D eigenvalue weighted by Gasteiger charge is 2.43. The summed E-state index contributed by atoms with van der Waals surface area (Å²) in [5, 5.41) is 0.626. The van der Waals surface area contributed by atoms with Crippen molar-refractivity contribution in [2.24, 2.45) is 0 Å². The predicted molar refractivity (Wildman–Crippen MR) is 62.4 cm³/mol. The van der Waals surface area contributed by atoms with Gasteiger partial charge in [-0.2, -0.15) is 13.2 Å². The molecule has 0 saturated heterocycles. The van der Waals surface area contributed by atoms with Gasteiger partial charge in [0.25, 0.3) is 0 Å². The number of methoxy groups -OCH3 is 1. The summed E-state index contributed by atoms with van der Waals surface area (Å²) in [5.74, 6) is 0. The van der Waals surface area contributed by atoms with Crippen molar-refractivity contribution in [1.82, 2.24) is 9.97 Å². The number of ether oxygens (including phenoxy) is 1. The van der Waals surface area contributed by atoms with E-state index in [1.54, 1.807) is 6.92 Å². The quantitative estimate of drug-likeness (QED) is 0.917. The molecule has 8 heteroatoms. The summed E-state index contributed by atoms with van der Waals surface area (Å²) in [5.41, 5.74) is 5.51. The van der Waals surface area contributed by atoms with Crippen LogP contribution in [0.25, 0.3) is 10.3 Å². The van der Waals surface area contributed by atoms with Gasteiger partial charge in [0.05, 0.1) is 16.9 Å². The minimum absolute atomic E-state index is 0.0722. The molecule has 2 heterocycles. The van der Waals surface area contributed by atoms with Gasteiger partial charge in [0, 0.05) is 12.7 Å². The molecule has 0 radical (unpaired) electrons. The lowest BCUT2D eigenvalue weighted by Crippen LogP contribution is -2.24. The summed E-state index contributed by atoms with van der Waals surface area (Å²) in [6.07, 6.45) is -5.44. The van der Waals surface area contributed by atoms with Crippen LogP contribution in [-0.4, -0.2) is 23.3 Å². The number of nitrogens with two attached hydrogens (primary N) is 1. The van der Waals surface area contributed by atoms with E-state index in [1.807, 2.05) is 0 Å². The van der Waals surface area contributed by atoms with Crippen molar-refractivity contribution in [2.75, 3.05) is 12.8 Å². The molecule has 0 amide bonds. The van der Waals surface area contributed by atoms with Gasteiger partial charge < -0.3 is 10.5 Å². The van der Waals surface area contributed by atoms with Crippen LogP contribution in [0.15, 0.2) is 6.20 Å². The van der Waals surface area contributed by atoms with Gasteiger partial charge in [-0.05, 0) is 6.92 Å². The van der Waals surface area contributed by atoms with E-state index >= 15 is 0 Å². The molecule has 1 atom stereocenters. The summed E-state index contributed by atoms with van der Waals surface area (Å²) in [6, 6.07) is 0. The van der Waals surface area contributed by atoms with Crippen molar-refractivity contribution in [2.45, 2.75) is 19.2 Å². The Labute approximate surface area is 105 Å². The molecule has 0 unspecified atom stereocenters. The van der Waals surface area contributed by atoms with Crippen molar-refractivity contribution in [3.8, 4) is 0 Å². The van der Waals surface area contributed by atoms with Crippen LogP contribution >= 0.6 is 11.3 Å². The van der Waals surface area contributed by atoms with Gasteiger partial charge in [0.15, 0.2) is 6.10 Å². The molecule has 0 aliphatic carbocycles. The summed E-state index contributed by atoms with van der Waals surface area (Å²) < 4.78 is 43.2. The normalized spacial score (nSPS) is 14.1. The zero-order chi connectivity index (χ0) is 13.5. The number of aromatic nitrogens is 2. The van der Waals surface area contributed by atoms with Crippen LogP contribution in [0.2, 0.25) is 0 Å². The highest BCUT2D eigenvalue weighted by atomic mass is 32.1. The van der Waals surface area contributed by atoms with E-state index in [1.165, 1.54) is 17.5 Å². The van der Waals surface area contributed by atoms with Gasteiger partial charge in [-0.25, -0.2) is 9.97 Å². The Bertz CT molecular complexity index is 581. The Morgan fingerprint density at radius 3 is 2.67 bits per heavy atom. The Kier molecular flexibility index (Phi) is 3.16. The number of rotatable bonds is 2. The summed E-state index contributed by atoms with van der Waals surface area (Å²) >= 11 is 1.21. The number of aryl methyl sites for hydroxylation is 1. The monoisotopic (exact) mass is 277 g/mol. The Morgan fingerprint density at radius 2 is 2.11 bits per heavy atom. The molecule has 0 saturated carbocycles. The minimum Gasteiger partial charge on any atom is -0.397 e. The molecular weight excluding hydrogens is 267 g/mol. The smallest absolute Gasteiger partial charge is 0.397 e. The van der Waals surface area contributed by atoms with Gasteiger partial charge in [-0.1, -0.05) is 11.3 Å².